The third kappa shape index (κ3) is 4.85. The summed E-state index contributed by atoms with van der Waals surface area (Å²) in [4.78, 5) is 14.5. The number of piperazine rings is 1. The number of carbonyl (C=O) groups excluding carboxylic acids is 1. The lowest BCUT2D eigenvalue weighted by molar-refractivity contribution is -0.131. The lowest BCUT2D eigenvalue weighted by Gasteiger charge is -2.34. The first kappa shape index (κ1) is 23.2. The van der Waals surface area contributed by atoms with Crippen LogP contribution in [0.15, 0.2) is 52.3 Å². The van der Waals surface area contributed by atoms with Crippen LogP contribution in [-0.4, -0.2) is 63.9 Å². The molecule has 1 fully saturated rings. The van der Waals surface area contributed by atoms with Crippen LogP contribution in [0.2, 0.25) is 5.02 Å². The van der Waals surface area contributed by atoms with Gasteiger partial charge in [-0.3, -0.25) is 4.79 Å². The Bertz CT molecular complexity index is 1240. The molecule has 32 heavy (non-hydrogen) atoms. The Labute approximate surface area is 193 Å². The van der Waals surface area contributed by atoms with E-state index in [2.05, 4.69) is 0 Å². The topological polar surface area (TPSA) is 91.8 Å². The van der Waals surface area contributed by atoms with Crippen LogP contribution < -0.4 is 0 Å². The number of aryl methyl sites for hydroxylation is 2. The number of carbonyl (C=O) groups is 1. The third-order valence-electron chi connectivity index (χ3n) is 6.04. The molecular weight excluding hydrogens is 472 g/mol. The molecular formula is C22H25ClN2O5S2. The van der Waals surface area contributed by atoms with E-state index in [0.29, 0.717) is 5.02 Å². The molecule has 172 valence electrons. The maximum absolute atomic E-state index is 12.8. The first-order valence-electron chi connectivity index (χ1n) is 10.5. The van der Waals surface area contributed by atoms with Crippen LogP contribution in [-0.2, 0) is 37.5 Å². The standard InChI is InChI=1S/C22H25ClN2O5S2/c23-19-5-2-6-21(16-19)32(29,30)25-12-10-24(11-13-25)22(26)9-14-31(27,28)20-8-7-17-3-1-4-18(17)15-20/h2,5-8,15-16H,1,3-4,9-14H2. The quantitative estimate of drug-likeness (QED) is 0.612. The van der Waals surface area contributed by atoms with Gasteiger partial charge in [-0.05, 0) is 60.7 Å². The average Bonchev–Trinajstić information content (AvgIpc) is 3.25. The molecule has 1 aliphatic carbocycles. The van der Waals surface area contributed by atoms with Crippen LogP contribution in [0.25, 0.3) is 0 Å². The van der Waals surface area contributed by atoms with Gasteiger partial charge in [0, 0.05) is 37.6 Å². The minimum absolute atomic E-state index is 0.116. The fourth-order valence-corrected chi connectivity index (χ4v) is 7.19. The maximum Gasteiger partial charge on any atom is 0.243 e. The number of sulfone groups is 1. The molecule has 0 unspecified atom stereocenters. The maximum atomic E-state index is 12.8. The zero-order valence-corrected chi connectivity index (χ0v) is 19.9. The number of hydrogen-bond donors (Lipinski definition) is 0. The normalized spacial score (nSPS) is 17.3. The lowest BCUT2D eigenvalue weighted by atomic mass is 10.1. The van der Waals surface area contributed by atoms with E-state index in [9.17, 15) is 21.6 Å². The van der Waals surface area contributed by atoms with Gasteiger partial charge in [-0.1, -0.05) is 23.7 Å². The fourth-order valence-electron chi connectivity index (χ4n) is 4.19. The lowest BCUT2D eigenvalue weighted by Crippen LogP contribution is -2.50. The molecule has 0 atom stereocenters. The van der Waals surface area contributed by atoms with Gasteiger partial charge in [-0.25, -0.2) is 16.8 Å². The number of benzene rings is 2. The smallest absolute Gasteiger partial charge is 0.243 e. The summed E-state index contributed by atoms with van der Waals surface area (Å²) in [5.41, 5.74) is 2.28. The first-order chi connectivity index (χ1) is 15.2. The fraction of sp³-hybridized carbons (Fsp3) is 0.409. The molecule has 1 saturated heterocycles. The van der Waals surface area contributed by atoms with E-state index < -0.39 is 19.9 Å². The molecule has 10 heteroatoms. The zero-order chi connectivity index (χ0) is 22.9. The minimum atomic E-state index is -3.70. The van der Waals surface area contributed by atoms with Gasteiger partial charge < -0.3 is 4.90 Å². The van der Waals surface area contributed by atoms with Gasteiger partial charge >= 0.3 is 0 Å². The summed E-state index contributed by atoms with van der Waals surface area (Å²) in [7, 11) is -7.25. The molecule has 2 aromatic rings. The summed E-state index contributed by atoms with van der Waals surface area (Å²) in [6.45, 7) is 0.741. The molecule has 0 aromatic heterocycles. The number of fused-ring (bicyclic) bond motifs is 1. The van der Waals surface area contributed by atoms with Crippen molar-refractivity contribution >= 4 is 37.4 Å². The second-order valence-corrected chi connectivity index (χ2v) is 12.6. The van der Waals surface area contributed by atoms with E-state index in [1.165, 1.54) is 26.9 Å². The van der Waals surface area contributed by atoms with Crippen LogP contribution in [0.1, 0.15) is 24.0 Å². The Kier molecular flexibility index (Phi) is 6.63. The minimum Gasteiger partial charge on any atom is -0.340 e. The van der Waals surface area contributed by atoms with Crippen molar-refractivity contribution in [1.29, 1.82) is 0 Å². The van der Waals surface area contributed by atoms with Gasteiger partial charge in [0.05, 0.1) is 15.5 Å². The molecule has 0 bridgehead atoms. The number of hydrogen-bond acceptors (Lipinski definition) is 5. The number of sulfonamides is 1. The zero-order valence-electron chi connectivity index (χ0n) is 17.5. The van der Waals surface area contributed by atoms with Crippen molar-refractivity contribution in [3.8, 4) is 0 Å². The van der Waals surface area contributed by atoms with Gasteiger partial charge in [-0.2, -0.15) is 4.31 Å². The monoisotopic (exact) mass is 496 g/mol. The molecule has 4 rings (SSSR count). The highest BCUT2D eigenvalue weighted by atomic mass is 35.5. The van der Waals surface area contributed by atoms with Crippen molar-refractivity contribution in [2.24, 2.45) is 0 Å². The number of halogens is 1. The Hall–Kier alpha value is -1.94. The largest absolute Gasteiger partial charge is 0.340 e. The van der Waals surface area contributed by atoms with Crippen LogP contribution in [0.3, 0.4) is 0 Å². The van der Waals surface area contributed by atoms with Crippen LogP contribution in [0.5, 0.6) is 0 Å². The molecule has 0 radical (unpaired) electrons. The van der Waals surface area contributed by atoms with Crippen molar-refractivity contribution in [2.45, 2.75) is 35.5 Å². The van der Waals surface area contributed by atoms with Gasteiger partial charge in [0.25, 0.3) is 0 Å². The Balaban J connectivity index is 1.34. The van der Waals surface area contributed by atoms with E-state index in [1.54, 1.807) is 24.3 Å². The van der Waals surface area contributed by atoms with Gasteiger partial charge in [0.15, 0.2) is 9.84 Å². The molecule has 1 aliphatic heterocycles. The van der Waals surface area contributed by atoms with Gasteiger partial charge in [-0.15, -0.1) is 0 Å². The summed E-state index contributed by atoms with van der Waals surface area (Å²) in [6.07, 6.45) is 2.78. The van der Waals surface area contributed by atoms with E-state index in [1.807, 2.05) is 6.07 Å². The highest BCUT2D eigenvalue weighted by Crippen LogP contribution is 2.26. The van der Waals surface area contributed by atoms with Gasteiger partial charge in [0.1, 0.15) is 0 Å². The molecule has 1 heterocycles. The van der Waals surface area contributed by atoms with Gasteiger partial charge in [0.2, 0.25) is 15.9 Å². The summed E-state index contributed by atoms with van der Waals surface area (Å²) >= 11 is 5.91. The molecule has 0 spiro atoms. The summed E-state index contributed by atoms with van der Waals surface area (Å²) < 4.78 is 52.3. The number of nitrogens with zero attached hydrogens (tertiary/aromatic N) is 2. The third-order valence-corrected chi connectivity index (χ3v) is 9.88. The Morgan fingerprint density at radius 1 is 0.875 bits per heavy atom. The van der Waals surface area contributed by atoms with E-state index in [0.717, 1.165) is 24.8 Å². The number of rotatable bonds is 6. The average molecular weight is 497 g/mol. The second-order valence-electron chi connectivity index (χ2n) is 8.10. The molecule has 7 nitrogen and oxygen atoms in total. The van der Waals surface area contributed by atoms with Crippen molar-refractivity contribution in [1.82, 2.24) is 9.21 Å². The van der Waals surface area contributed by atoms with Crippen LogP contribution in [0, 0.1) is 0 Å². The van der Waals surface area contributed by atoms with Crippen molar-refractivity contribution in [3.05, 3.63) is 58.6 Å². The molecule has 2 aliphatic rings. The predicted octanol–water partition coefficient (Wildman–Crippen LogP) is 2.53. The second kappa shape index (κ2) is 9.13. The van der Waals surface area contributed by atoms with Crippen molar-refractivity contribution in [3.63, 3.8) is 0 Å². The first-order valence-corrected chi connectivity index (χ1v) is 14.0. The van der Waals surface area contributed by atoms with Crippen molar-refractivity contribution in [2.75, 3.05) is 31.9 Å². The molecule has 0 N–H and O–H groups in total. The highest BCUT2D eigenvalue weighted by molar-refractivity contribution is 7.91. The molecule has 0 saturated carbocycles. The predicted molar refractivity (Wildman–Crippen MR) is 122 cm³/mol. The van der Waals surface area contributed by atoms with E-state index in [4.69, 9.17) is 11.6 Å². The summed E-state index contributed by atoms with van der Waals surface area (Å²) in [5.74, 6) is -0.541. The molecule has 1 amide bonds. The SMILES string of the molecule is O=C(CCS(=O)(=O)c1ccc2c(c1)CCC2)N1CCN(S(=O)(=O)c2cccc(Cl)c2)CC1. The number of amides is 1. The van der Waals surface area contributed by atoms with Crippen molar-refractivity contribution < 1.29 is 21.6 Å². The summed E-state index contributed by atoms with van der Waals surface area (Å²) in [5, 5.41) is 0.337. The molecule has 2 aromatic carbocycles. The summed E-state index contributed by atoms with van der Waals surface area (Å²) in [6, 6.07) is 11.3. The highest BCUT2D eigenvalue weighted by Gasteiger charge is 2.30. The van der Waals surface area contributed by atoms with E-state index >= 15 is 0 Å². The van der Waals surface area contributed by atoms with Crippen LogP contribution in [0.4, 0.5) is 0 Å². The van der Waals surface area contributed by atoms with E-state index in [-0.39, 0.29) is 54.1 Å². The Morgan fingerprint density at radius 2 is 1.59 bits per heavy atom. The Morgan fingerprint density at radius 3 is 2.31 bits per heavy atom. The van der Waals surface area contributed by atoms with Crippen LogP contribution >= 0.6 is 11.6 Å².